The zero-order valence-electron chi connectivity index (χ0n) is 10.9. The third-order valence-corrected chi connectivity index (χ3v) is 2.54. The lowest BCUT2D eigenvalue weighted by molar-refractivity contribution is 0.954. The molecule has 112 valence electrons. The first kappa shape index (κ1) is 13.2. The van der Waals surface area contributed by atoms with Gasteiger partial charge in [0.25, 0.3) is 5.56 Å². The average Bonchev–Trinajstić information content (AvgIpc) is 3.07. The van der Waals surface area contributed by atoms with Gasteiger partial charge in [0.05, 0.1) is 6.33 Å². The molecule has 0 unspecified atom stereocenters. The van der Waals surface area contributed by atoms with E-state index in [1.807, 2.05) is 0 Å². The topological polar surface area (TPSA) is 220 Å². The van der Waals surface area contributed by atoms with Gasteiger partial charge in [-0.2, -0.15) is 20.2 Å². The second-order valence-corrected chi connectivity index (χ2v) is 4.02. The molecule has 4 heterocycles. The largest absolute Gasteiger partial charge is 0.382 e. The van der Waals surface area contributed by atoms with Crippen molar-refractivity contribution >= 4 is 40.0 Å². The molecule has 0 spiro atoms. The van der Waals surface area contributed by atoms with Crippen LogP contribution >= 0.6 is 0 Å². The van der Waals surface area contributed by atoms with Gasteiger partial charge in [0, 0.05) is 0 Å². The molecule has 0 aliphatic heterocycles. The summed E-state index contributed by atoms with van der Waals surface area (Å²) >= 11 is 0. The van der Waals surface area contributed by atoms with E-state index in [4.69, 9.17) is 17.2 Å². The molecule has 0 fully saturated rings. The molecule has 4 rings (SSSR count). The molecule has 13 nitrogen and oxygen atoms in total. The molecule has 4 aromatic rings. The Morgan fingerprint density at radius 1 is 1.00 bits per heavy atom. The number of H-pyrrole nitrogens is 3. The minimum absolute atomic E-state index is 0.0383. The number of fused-ring (bicyclic) bond motifs is 2. The number of nitrogens with zero attached hydrogens (tertiary/aromatic N) is 6. The fraction of sp³-hybridized carbons (Fsp3) is 0. The molecule has 0 aromatic carbocycles. The van der Waals surface area contributed by atoms with Gasteiger partial charge in [-0.15, -0.1) is 10.2 Å². The number of aromatic amines is 3. The lowest BCUT2D eigenvalue weighted by Crippen LogP contribution is -2.10. The van der Waals surface area contributed by atoms with Crippen LogP contribution in [0.25, 0.3) is 22.3 Å². The average molecular weight is 302 g/mol. The normalized spacial score (nSPS) is 10.5. The van der Waals surface area contributed by atoms with Crippen LogP contribution in [-0.2, 0) is 0 Å². The molecule has 0 saturated heterocycles. The number of hydrogen-bond donors (Lipinski definition) is 6. The van der Waals surface area contributed by atoms with Crippen molar-refractivity contribution in [2.45, 2.75) is 0 Å². The minimum atomic E-state index is -0.388. The summed E-state index contributed by atoms with van der Waals surface area (Å²) in [4.78, 5) is 31.2. The molecule has 22 heavy (non-hydrogen) atoms. The predicted octanol–water partition coefficient (Wildman–Crippen LogP) is -1.86. The summed E-state index contributed by atoms with van der Waals surface area (Å²) in [5.74, 6) is 0.503. The Kier molecular flexibility index (Phi) is 2.99. The zero-order chi connectivity index (χ0) is 15.7. The highest BCUT2D eigenvalue weighted by molar-refractivity contribution is 5.81. The Morgan fingerprint density at radius 3 is 2.64 bits per heavy atom. The number of rotatable bonds is 0. The van der Waals surface area contributed by atoms with Gasteiger partial charge in [-0.1, -0.05) is 0 Å². The van der Waals surface area contributed by atoms with Crippen LogP contribution in [-0.4, -0.2) is 45.3 Å². The number of nitrogens with two attached hydrogens (primary N) is 3. The molecular formula is C9H10N12O. The van der Waals surface area contributed by atoms with Crippen LogP contribution < -0.4 is 22.8 Å². The van der Waals surface area contributed by atoms with Gasteiger partial charge in [0.2, 0.25) is 17.5 Å². The molecule has 9 N–H and O–H groups in total. The van der Waals surface area contributed by atoms with Crippen LogP contribution in [0.4, 0.5) is 17.7 Å². The summed E-state index contributed by atoms with van der Waals surface area (Å²) in [6.07, 6.45) is 1.50. The summed E-state index contributed by atoms with van der Waals surface area (Å²) in [6.45, 7) is 0. The predicted molar refractivity (Wildman–Crippen MR) is 77.2 cm³/mol. The van der Waals surface area contributed by atoms with Crippen molar-refractivity contribution < 1.29 is 0 Å². The fourth-order valence-corrected chi connectivity index (χ4v) is 1.65. The van der Waals surface area contributed by atoms with Crippen molar-refractivity contribution in [3.63, 3.8) is 0 Å². The van der Waals surface area contributed by atoms with E-state index in [0.29, 0.717) is 17.0 Å². The van der Waals surface area contributed by atoms with E-state index in [-0.39, 0.29) is 28.6 Å². The molecule has 0 atom stereocenters. The molecule has 0 bridgehead atoms. The first-order valence-electron chi connectivity index (χ1n) is 5.83. The Bertz CT molecular complexity index is 997. The number of aromatic nitrogens is 9. The maximum absolute atomic E-state index is 11.0. The van der Waals surface area contributed by atoms with Crippen molar-refractivity contribution in [2.75, 3.05) is 17.2 Å². The Hall–Kier alpha value is -3.77. The first-order valence-corrected chi connectivity index (χ1v) is 5.83. The minimum Gasteiger partial charge on any atom is -0.382 e. The third kappa shape index (κ3) is 2.33. The first-order chi connectivity index (χ1) is 10.5. The zero-order valence-corrected chi connectivity index (χ0v) is 10.9. The maximum Gasteiger partial charge on any atom is 0.282 e. The molecule has 0 radical (unpaired) electrons. The van der Waals surface area contributed by atoms with E-state index in [1.54, 1.807) is 0 Å². The van der Waals surface area contributed by atoms with Crippen molar-refractivity contribution in [2.24, 2.45) is 0 Å². The summed E-state index contributed by atoms with van der Waals surface area (Å²) < 4.78 is 0. The second kappa shape index (κ2) is 4.97. The van der Waals surface area contributed by atoms with E-state index < -0.39 is 0 Å². The Balaban J connectivity index is 0.000000131. The van der Waals surface area contributed by atoms with Crippen molar-refractivity contribution in [3.05, 3.63) is 16.7 Å². The number of nitrogens with one attached hydrogen (secondary N) is 3. The van der Waals surface area contributed by atoms with Gasteiger partial charge in [-0.3, -0.25) is 9.78 Å². The van der Waals surface area contributed by atoms with Crippen LogP contribution in [0.5, 0.6) is 0 Å². The van der Waals surface area contributed by atoms with Crippen LogP contribution in [0.2, 0.25) is 0 Å². The van der Waals surface area contributed by atoms with Gasteiger partial charge in [-0.25, -0.2) is 4.98 Å². The highest BCUT2D eigenvalue weighted by Gasteiger charge is 2.04. The number of anilines is 3. The summed E-state index contributed by atoms with van der Waals surface area (Å²) in [5.41, 5.74) is 17.2. The van der Waals surface area contributed by atoms with Gasteiger partial charge in [-0.05, 0) is 0 Å². The van der Waals surface area contributed by atoms with Gasteiger partial charge in [0.15, 0.2) is 17.0 Å². The number of nitrogen functional groups attached to an aromatic ring is 3. The molecule has 0 aliphatic rings. The van der Waals surface area contributed by atoms with Crippen LogP contribution in [0.3, 0.4) is 0 Å². The Morgan fingerprint density at radius 2 is 1.82 bits per heavy atom. The molecule has 4 aromatic heterocycles. The molecule has 13 heteroatoms. The summed E-state index contributed by atoms with van der Waals surface area (Å²) in [7, 11) is 0. The quantitative estimate of drug-likeness (QED) is 0.212. The van der Waals surface area contributed by atoms with E-state index in [9.17, 15) is 4.79 Å². The SMILES string of the molecule is Nc1nc(N)c2[nH]cnc2n1.Nc1nc2n[nH]nc2c(=O)[nH]1. The molecular weight excluding hydrogens is 292 g/mol. The van der Waals surface area contributed by atoms with E-state index in [2.05, 4.69) is 45.3 Å². The third-order valence-electron chi connectivity index (χ3n) is 2.54. The lowest BCUT2D eigenvalue weighted by Gasteiger charge is -1.94. The smallest absolute Gasteiger partial charge is 0.282 e. The molecule has 0 saturated carbocycles. The highest BCUT2D eigenvalue weighted by Crippen LogP contribution is 2.12. The lowest BCUT2D eigenvalue weighted by atomic mass is 10.5. The van der Waals surface area contributed by atoms with Crippen molar-refractivity contribution in [1.29, 1.82) is 0 Å². The van der Waals surface area contributed by atoms with Crippen molar-refractivity contribution in [1.82, 2.24) is 45.3 Å². The second-order valence-electron chi connectivity index (χ2n) is 4.02. The van der Waals surface area contributed by atoms with Crippen molar-refractivity contribution in [3.8, 4) is 0 Å². The van der Waals surface area contributed by atoms with Gasteiger partial charge < -0.3 is 22.2 Å². The van der Waals surface area contributed by atoms with E-state index in [1.165, 1.54) is 6.33 Å². The number of imidazole rings is 1. The fourth-order valence-electron chi connectivity index (χ4n) is 1.65. The molecule has 0 amide bonds. The van der Waals surface area contributed by atoms with Crippen LogP contribution in [0.15, 0.2) is 11.1 Å². The van der Waals surface area contributed by atoms with Gasteiger partial charge >= 0.3 is 0 Å². The Labute approximate surface area is 120 Å². The van der Waals surface area contributed by atoms with Crippen LogP contribution in [0, 0.1) is 0 Å². The van der Waals surface area contributed by atoms with Gasteiger partial charge in [0.1, 0.15) is 5.52 Å². The number of hydrogen-bond acceptors (Lipinski definition) is 10. The van der Waals surface area contributed by atoms with E-state index in [0.717, 1.165) is 0 Å². The standard InChI is InChI=1S/C5H6N6.C4H4N6O/c6-3-2-4(9-1-8-2)11-5(7)10-3;5-4-6-2-1(3(11)7-4)8-10-9-2/h1H,(H5,6,7,8,9,10,11);(H4,5,6,7,8,9,10,11). The van der Waals surface area contributed by atoms with E-state index >= 15 is 0 Å². The summed E-state index contributed by atoms with van der Waals surface area (Å²) in [5, 5.41) is 9.42. The molecule has 0 aliphatic carbocycles. The highest BCUT2D eigenvalue weighted by atomic mass is 16.1. The van der Waals surface area contributed by atoms with Crippen LogP contribution in [0.1, 0.15) is 0 Å². The monoisotopic (exact) mass is 302 g/mol. The maximum atomic E-state index is 11.0. The summed E-state index contributed by atoms with van der Waals surface area (Å²) in [6, 6.07) is 0.